The molecule has 1 N–H and O–H groups in total. The molecule has 2 rings (SSSR count). The second-order valence-electron chi connectivity index (χ2n) is 5.12. The molecule has 1 fully saturated rings. The van der Waals surface area contributed by atoms with Gasteiger partial charge in [-0.15, -0.1) is 0 Å². The summed E-state index contributed by atoms with van der Waals surface area (Å²) in [6.07, 6.45) is 3.76. The molecule has 0 amide bonds. The van der Waals surface area contributed by atoms with Gasteiger partial charge in [-0.3, -0.25) is 0 Å². The van der Waals surface area contributed by atoms with Crippen LogP contribution in [-0.2, 0) is 16.8 Å². The molecule has 1 aromatic carbocycles. The average molecular weight is 234 g/mol. The van der Waals surface area contributed by atoms with Crippen LogP contribution in [-0.4, -0.2) is 17.8 Å². The van der Waals surface area contributed by atoms with Crippen LogP contribution < -0.4 is 0 Å². The second kappa shape index (κ2) is 5.19. The maximum Gasteiger partial charge on any atom is 0.0943 e. The molecule has 2 atom stereocenters. The Morgan fingerprint density at radius 3 is 3.00 bits per heavy atom. The molecule has 1 heterocycles. The standard InChI is InChI=1S/C15H22O2/c1-3-5-13-6-4-7-14(10-13)15(16)8-9-17-12(2)11-15/h4,6-7,10,12,16H,3,5,8-9,11H2,1-2H3. The van der Waals surface area contributed by atoms with Crippen molar-refractivity contribution in [1.82, 2.24) is 0 Å². The fourth-order valence-corrected chi connectivity index (χ4v) is 2.63. The van der Waals surface area contributed by atoms with Gasteiger partial charge in [0.2, 0.25) is 0 Å². The minimum absolute atomic E-state index is 0.142. The molecule has 17 heavy (non-hydrogen) atoms. The summed E-state index contributed by atoms with van der Waals surface area (Å²) in [4.78, 5) is 0. The van der Waals surface area contributed by atoms with Crippen LogP contribution in [0.25, 0.3) is 0 Å². The van der Waals surface area contributed by atoms with E-state index in [4.69, 9.17) is 4.74 Å². The molecular weight excluding hydrogens is 212 g/mol. The maximum absolute atomic E-state index is 10.7. The van der Waals surface area contributed by atoms with Crippen LogP contribution in [0.1, 0.15) is 44.2 Å². The van der Waals surface area contributed by atoms with E-state index < -0.39 is 5.60 Å². The van der Waals surface area contributed by atoms with Gasteiger partial charge in [-0.2, -0.15) is 0 Å². The topological polar surface area (TPSA) is 29.5 Å². The van der Waals surface area contributed by atoms with E-state index in [-0.39, 0.29) is 6.10 Å². The van der Waals surface area contributed by atoms with Crippen LogP contribution in [0.2, 0.25) is 0 Å². The summed E-state index contributed by atoms with van der Waals surface area (Å²) in [5, 5.41) is 10.7. The van der Waals surface area contributed by atoms with Crippen molar-refractivity contribution >= 4 is 0 Å². The highest BCUT2D eigenvalue weighted by Crippen LogP contribution is 2.34. The lowest BCUT2D eigenvalue weighted by atomic mass is 9.83. The largest absolute Gasteiger partial charge is 0.385 e. The minimum atomic E-state index is -0.693. The van der Waals surface area contributed by atoms with Gasteiger partial charge in [0.15, 0.2) is 0 Å². The minimum Gasteiger partial charge on any atom is -0.385 e. The fourth-order valence-electron chi connectivity index (χ4n) is 2.63. The number of rotatable bonds is 3. The van der Waals surface area contributed by atoms with Crippen LogP contribution in [0.5, 0.6) is 0 Å². The summed E-state index contributed by atoms with van der Waals surface area (Å²) >= 11 is 0. The summed E-state index contributed by atoms with van der Waals surface area (Å²) in [6, 6.07) is 8.39. The van der Waals surface area contributed by atoms with Crippen molar-refractivity contribution in [2.45, 2.75) is 51.2 Å². The van der Waals surface area contributed by atoms with Crippen molar-refractivity contribution in [3.63, 3.8) is 0 Å². The highest BCUT2D eigenvalue weighted by molar-refractivity contribution is 5.29. The summed E-state index contributed by atoms with van der Waals surface area (Å²) < 4.78 is 5.51. The van der Waals surface area contributed by atoms with E-state index in [0.717, 1.165) is 18.4 Å². The molecule has 0 saturated carbocycles. The summed E-state index contributed by atoms with van der Waals surface area (Å²) in [5.74, 6) is 0. The zero-order valence-electron chi connectivity index (χ0n) is 10.8. The van der Waals surface area contributed by atoms with E-state index >= 15 is 0 Å². The van der Waals surface area contributed by atoms with Crippen molar-refractivity contribution in [2.24, 2.45) is 0 Å². The lowest BCUT2D eigenvalue weighted by Crippen LogP contribution is -2.37. The molecule has 2 nitrogen and oxygen atoms in total. The van der Waals surface area contributed by atoms with Gasteiger partial charge in [0, 0.05) is 12.8 Å². The third-order valence-corrected chi connectivity index (χ3v) is 3.55. The summed E-state index contributed by atoms with van der Waals surface area (Å²) in [6.45, 7) is 4.85. The Kier molecular flexibility index (Phi) is 3.85. The SMILES string of the molecule is CCCc1cccc(C2(O)CCOC(C)C2)c1. The zero-order valence-corrected chi connectivity index (χ0v) is 10.8. The van der Waals surface area contributed by atoms with E-state index in [0.29, 0.717) is 19.4 Å². The van der Waals surface area contributed by atoms with Gasteiger partial charge in [-0.25, -0.2) is 0 Å². The molecule has 2 heteroatoms. The first-order valence-corrected chi connectivity index (χ1v) is 6.57. The number of aliphatic hydroxyl groups is 1. The van der Waals surface area contributed by atoms with Gasteiger partial charge in [-0.05, 0) is 24.5 Å². The van der Waals surface area contributed by atoms with E-state index in [9.17, 15) is 5.11 Å². The molecule has 0 aliphatic carbocycles. The van der Waals surface area contributed by atoms with Gasteiger partial charge in [0.05, 0.1) is 18.3 Å². The van der Waals surface area contributed by atoms with Gasteiger partial charge in [0.1, 0.15) is 0 Å². The third-order valence-electron chi connectivity index (χ3n) is 3.55. The molecule has 0 aromatic heterocycles. The Labute approximate surface area is 104 Å². The molecule has 1 saturated heterocycles. The fraction of sp³-hybridized carbons (Fsp3) is 0.600. The molecular formula is C15H22O2. The highest BCUT2D eigenvalue weighted by atomic mass is 16.5. The predicted octanol–water partition coefficient (Wildman–Crippen LogP) is 3.03. The lowest BCUT2D eigenvalue weighted by Gasteiger charge is -2.36. The Morgan fingerprint density at radius 2 is 2.29 bits per heavy atom. The third kappa shape index (κ3) is 2.88. The van der Waals surface area contributed by atoms with Crippen molar-refractivity contribution < 1.29 is 9.84 Å². The van der Waals surface area contributed by atoms with Crippen molar-refractivity contribution in [3.05, 3.63) is 35.4 Å². The molecule has 1 aliphatic rings. The Bertz CT molecular complexity index is 375. The van der Waals surface area contributed by atoms with Gasteiger partial charge in [0.25, 0.3) is 0 Å². The molecule has 0 bridgehead atoms. The molecule has 0 radical (unpaired) electrons. The number of hydrogen-bond donors (Lipinski definition) is 1. The summed E-state index contributed by atoms with van der Waals surface area (Å²) in [7, 11) is 0. The van der Waals surface area contributed by atoms with Crippen molar-refractivity contribution in [3.8, 4) is 0 Å². The normalized spacial score (nSPS) is 29.2. The molecule has 1 aliphatic heterocycles. The van der Waals surface area contributed by atoms with E-state index in [2.05, 4.69) is 25.1 Å². The van der Waals surface area contributed by atoms with Crippen LogP contribution >= 0.6 is 0 Å². The van der Waals surface area contributed by atoms with Gasteiger partial charge >= 0.3 is 0 Å². The molecule has 0 spiro atoms. The van der Waals surface area contributed by atoms with E-state index in [1.54, 1.807) is 0 Å². The monoisotopic (exact) mass is 234 g/mol. The van der Waals surface area contributed by atoms with Crippen LogP contribution in [0, 0.1) is 0 Å². The van der Waals surface area contributed by atoms with E-state index in [1.165, 1.54) is 5.56 Å². The van der Waals surface area contributed by atoms with Crippen LogP contribution in [0.15, 0.2) is 24.3 Å². The zero-order chi connectivity index (χ0) is 12.3. The van der Waals surface area contributed by atoms with Crippen LogP contribution in [0.3, 0.4) is 0 Å². The molecule has 1 aromatic rings. The smallest absolute Gasteiger partial charge is 0.0943 e. The van der Waals surface area contributed by atoms with E-state index in [1.807, 2.05) is 13.0 Å². The predicted molar refractivity (Wildman–Crippen MR) is 69.0 cm³/mol. The van der Waals surface area contributed by atoms with Gasteiger partial charge < -0.3 is 9.84 Å². The number of hydrogen-bond acceptors (Lipinski definition) is 2. The first-order chi connectivity index (χ1) is 8.14. The maximum atomic E-state index is 10.7. The molecule has 94 valence electrons. The molecule has 2 unspecified atom stereocenters. The second-order valence-corrected chi connectivity index (χ2v) is 5.12. The average Bonchev–Trinajstić information content (AvgIpc) is 2.29. The highest BCUT2D eigenvalue weighted by Gasteiger charge is 2.34. The Hall–Kier alpha value is -0.860. The first kappa shape index (κ1) is 12.6. The Balaban J connectivity index is 2.22. The van der Waals surface area contributed by atoms with Crippen molar-refractivity contribution in [1.29, 1.82) is 0 Å². The number of ether oxygens (including phenoxy) is 1. The Morgan fingerprint density at radius 1 is 1.47 bits per heavy atom. The van der Waals surface area contributed by atoms with Crippen LogP contribution in [0.4, 0.5) is 0 Å². The quantitative estimate of drug-likeness (QED) is 0.871. The van der Waals surface area contributed by atoms with Gasteiger partial charge in [-0.1, -0.05) is 37.6 Å². The lowest BCUT2D eigenvalue weighted by molar-refractivity contribution is -0.101. The number of aryl methyl sites for hydroxylation is 1. The first-order valence-electron chi connectivity index (χ1n) is 6.57. The number of benzene rings is 1. The summed E-state index contributed by atoms with van der Waals surface area (Å²) in [5.41, 5.74) is 1.68. The van der Waals surface area contributed by atoms with Crippen molar-refractivity contribution in [2.75, 3.05) is 6.61 Å².